The van der Waals surface area contributed by atoms with Gasteiger partial charge in [0.15, 0.2) is 5.78 Å². The maximum atomic E-state index is 11.8. The smallest absolute Gasteiger partial charge is 0.188 e. The normalized spacial score (nSPS) is 11.6. The lowest BCUT2D eigenvalue weighted by Gasteiger charge is -2.22. The molecule has 0 aliphatic heterocycles. The van der Waals surface area contributed by atoms with Crippen LogP contribution in [0.2, 0.25) is 5.02 Å². The number of methoxy groups -OCH3 is 1. The molecule has 0 fully saturated rings. The molecule has 0 aromatic heterocycles. The number of hydrogen-bond donors (Lipinski definition) is 0. The highest BCUT2D eigenvalue weighted by atomic mass is 35.5. The molecular weight excluding hydrogens is 252 g/mol. The fraction of sp³-hybridized carbons (Fsp3) is 0.500. The van der Waals surface area contributed by atoms with Crippen molar-refractivity contribution in [2.24, 2.45) is 0 Å². The zero-order valence-corrected chi connectivity index (χ0v) is 11.8. The molecule has 0 saturated heterocycles. The summed E-state index contributed by atoms with van der Waals surface area (Å²) in [4.78, 5) is 11.8. The Bertz CT molecular complexity index is 385. The van der Waals surface area contributed by atoms with Crippen LogP contribution in [0, 0.1) is 0 Å². The van der Waals surface area contributed by atoms with Crippen molar-refractivity contribution < 1.29 is 14.3 Å². The van der Waals surface area contributed by atoms with Crippen molar-refractivity contribution in [2.45, 2.75) is 25.9 Å². The highest BCUT2D eigenvalue weighted by Crippen LogP contribution is 2.13. The summed E-state index contributed by atoms with van der Waals surface area (Å²) >= 11 is 5.75. The SMILES string of the molecule is COC(C)(C)CCOCC(=O)c1ccc(Cl)cc1. The van der Waals surface area contributed by atoms with E-state index in [4.69, 9.17) is 21.1 Å². The van der Waals surface area contributed by atoms with Gasteiger partial charge < -0.3 is 9.47 Å². The van der Waals surface area contributed by atoms with Gasteiger partial charge in [0.1, 0.15) is 6.61 Å². The molecule has 1 rings (SSSR count). The number of halogens is 1. The molecule has 0 aliphatic carbocycles. The third-order valence-electron chi connectivity index (χ3n) is 2.80. The van der Waals surface area contributed by atoms with Crippen molar-refractivity contribution in [3.8, 4) is 0 Å². The summed E-state index contributed by atoms with van der Waals surface area (Å²) in [6.07, 6.45) is 0.747. The van der Waals surface area contributed by atoms with Crippen molar-refractivity contribution >= 4 is 17.4 Å². The number of Topliss-reactive ketones (excluding diaryl/α,β-unsaturated/α-hetero) is 1. The van der Waals surface area contributed by atoms with Crippen molar-refractivity contribution in [3.05, 3.63) is 34.9 Å². The second-order valence-electron chi connectivity index (χ2n) is 4.70. The van der Waals surface area contributed by atoms with Gasteiger partial charge in [-0.3, -0.25) is 4.79 Å². The Balaban J connectivity index is 2.32. The topological polar surface area (TPSA) is 35.5 Å². The van der Waals surface area contributed by atoms with Gasteiger partial charge in [0.05, 0.1) is 5.60 Å². The number of ether oxygens (including phenoxy) is 2. The standard InChI is InChI=1S/C14H19ClO3/c1-14(2,17-3)8-9-18-10-13(16)11-4-6-12(15)7-5-11/h4-7H,8-10H2,1-3H3. The summed E-state index contributed by atoms with van der Waals surface area (Å²) in [7, 11) is 1.67. The molecule has 0 aliphatic rings. The van der Waals surface area contributed by atoms with Crippen LogP contribution in [-0.2, 0) is 9.47 Å². The summed E-state index contributed by atoms with van der Waals surface area (Å²) in [5.41, 5.74) is 0.397. The van der Waals surface area contributed by atoms with Gasteiger partial charge >= 0.3 is 0 Å². The first-order valence-corrected chi connectivity index (χ1v) is 6.24. The van der Waals surface area contributed by atoms with Crippen LogP contribution in [0.5, 0.6) is 0 Å². The number of benzene rings is 1. The van der Waals surface area contributed by atoms with Crippen LogP contribution in [-0.4, -0.2) is 31.7 Å². The summed E-state index contributed by atoms with van der Waals surface area (Å²) in [5.74, 6) is -0.0399. The summed E-state index contributed by atoms with van der Waals surface area (Å²) in [6.45, 7) is 4.55. The van der Waals surface area contributed by atoms with Crippen molar-refractivity contribution in [2.75, 3.05) is 20.3 Å². The summed E-state index contributed by atoms with van der Waals surface area (Å²) < 4.78 is 10.6. The minimum absolute atomic E-state index is 0.0399. The van der Waals surface area contributed by atoms with E-state index in [1.807, 2.05) is 13.8 Å². The molecule has 0 atom stereocenters. The van der Waals surface area contributed by atoms with Crippen LogP contribution < -0.4 is 0 Å². The largest absolute Gasteiger partial charge is 0.379 e. The van der Waals surface area contributed by atoms with Crippen molar-refractivity contribution in [1.29, 1.82) is 0 Å². The highest BCUT2D eigenvalue weighted by molar-refractivity contribution is 6.30. The van der Waals surface area contributed by atoms with Crippen molar-refractivity contribution in [3.63, 3.8) is 0 Å². The monoisotopic (exact) mass is 270 g/mol. The number of carbonyl (C=O) groups is 1. The van der Waals surface area contributed by atoms with Crippen LogP contribution in [0.15, 0.2) is 24.3 Å². The molecule has 0 radical (unpaired) electrons. The maximum Gasteiger partial charge on any atom is 0.188 e. The van der Waals surface area contributed by atoms with Gasteiger partial charge in [-0.2, -0.15) is 0 Å². The van der Waals surface area contributed by atoms with E-state index in [1.165, 1.54) is 0 Å². The Morgan fingerprint density at radius 3 is 2.44 bits per heavy atom. The number of hydrogen-bond acceptors (Lipinski definition) is 3. The molecule has 100 valence electrons. The van der Waals surface area contributed by atoms with Gasteiger partial charge in [-0.1, -0.05) is 11.6 Å². The third-order valence-corrected chi connectivity index (χ3v) is 3.05. The molecule has 0 spiro atoms. The van der Waals surface area contributed by atoms with Crippen LogP contribution in [0.1, 0.15) is 30.6 Å². The molecule has 4 heteroatoms. The number of rotatable bonds is 7. The quantitative estimate of drug-likeness (QED) is 0.563. The fourth-order valence-electron chi connectivity index (χ4n) is 1.30. The Morgan fingerprint density at radius 2 is 1.89 bits per heavy atom. The molecule has 0 heterocycles. The minimum atomic E-state index is -0.219. The predicted octanol–water partition coefficient (Wildman–Crippen LogP) is 3.35. The Kier molecular flexibility index (Phi) is 5.79. The van der Waals surface area contributed by atoms with Crippen LogP contribution in [0.4, 0.5) is 0 Å². The summed E-state index contributed by atoms with van der Waals surface area (Å²) in [5, 5.41) is 0.620. The lowest BCUT2D eigenvalue weighted by molar-refractivity contribution is -0.00836. The predicted molar refractivity (Wildman–Crippen MR) is 72.3 cm³/mol. The molecule has 0 N–H and O–H groups in total. The van der Waals surface area contributed by atoms with Gasteiger partial charge in [0.25, 0.3) is 0 Å². The average Bonchev–Trinajstić information content (AvgIpc) is 2.35. The van der Waals surface area contributed by atoms with Gasteiger partial charge in [0, 0.05) is 24.3 Å². The van der Waals surface area contributed by atoms with Gasteiger partial charge in [0.2, 0.25) is 0 Å². The zero-order chi connectivity index (χ0) is 13.6. The molecule has 0 amide bonds. The summed E-state index contributed by atoms with van der Waals surface area (Å²) in [6, 6.07) is 6.80. The Morgan fingerprint density at radius 1 is 1.28 bits per heavy atom. The van der Waals surface area contributed by atoms with Gasteiger partial charge in [-0.05, 0) is 44.5 Å². The van der Waals surface area contributed by atoms with Crippen LogP contribution in [0.3, 0.4) is 0 Å². The van der Waals surface area contributed by atoms with E-state index in [-0.39, 0.29) is 18.0 Å². The van der Waals surface area contributed by atoms with E-state index < -0.39 is 0 Å². The molecule has 0 bridgehead atoms. The second kappa shape index (κ2) is 6.88. The lowest BCUT2D eigenvalue weighted by atomic mass is 10.1. The van der Waals surface area contributed by atoms with Gasteiger partial charge in [-0.15, -0.1) is 0 Å². The first-order valence-electron chi connectivity index (χ1n) is 5.86. The van der Waals surface area contributed by atoms with E-state index in [2.05, 4.69) is 0 Å². The molecule has 0 unspecified atom stereocenters. The van der Waals surface area contributed by atoms with E-state index in [1.54, 1.807) is 31.4 Å². The third kappa shape index (κ3) is 5.17. The first-order chi connectivity index (χ1) is 8.44. The molecule has 0 saturated carbocycles. The zero-order valence-electron chi connectivity index (χ0n) is 11.0. The molecule has 18 heavy (non-hydrogen) atoms. The minimum Gasteiger partial charge on any atom is -0.379 e. The first kappa shape index (κ1) is 15.2. The van der Waals surface area contributed by atoms with Crippen molar-refractivity contribution in [1.82, 2.24) is 0 Å². The number of ketones is 1. The average molecular weight is 271 g/mol. The maximum absolute atomic E-state index is 11.8. The van der Waals surface area contributed by atoms with E-state index in [0.717, 1.165) is 6.42 Å². The molecular formula is C14H19ClO3. The van der Waals surface area contributed by atoms with E-state index >= 15 is 0 Å². The van der Waals surface area contributed by atoms with Crippen LogP contribution in [0.25, 0.3) is 0 Å². The molecule has 1 aromatic rings. The lowest BCUT2D eigenvalue weighted by Crippen LogP contribution is -2.25. The fourth-order valence-corrected chi connectivity index (χ4v) is 1.43. The number of carbonyl (C=O) groups excluding carboxylic acids is 1. The van der Waals surface area contributed by atoms with E-state index in [0.29, 0.717) is 17.2 Å². The van der Waals surface area contributed by atoms with Gasteiger partial charge in [-0.25, -0.2) is 0 Å². The Hall–Kier alpha value is -0.900. The van der Waals surface area contributed by atoms with E-state index in [9.17, 15) is 4.79 Å². The second-order valence-corrected chi connectivity index (χ2v) is 5.13. The van der Waals surface area contributed by atoms with Crippen LogP contribution >= 0.6 is 11.6 Å². The Labute approximate surface area is 113 Å². The highest BCUT2D eigenvalue weighted by Gasteiger charge is 2.16. The molecule has 3 nitrogen and oxygen atoms in total. The molecule has 1 aromatic carbocycles.